The molecule has 2 rings (SSSR count). The molecule has 0 saturated heterocycles. The predicted octanol–water partition coefficient (Wildman–Crippen LogP) is 2.98. The van der Waals surface area contributed by atoms with Gasteiger partial charge in [-0.2, -0.15) is 0 Å². The standard InChI is InChI=1S/C17H30N4O/c1-13(2)7-6-8-14(3)18-16-9-4-5-10-17(16)21-11-15(12-22)19-20-21/h7,11,14,16-18,22H,4-6,8-10,12H2,1-3H3/t14?,16-,17+/m0/s1. The van der Waals surface area contributed by atoms with Crippen LogP contribution in [0.2, 0.25) is 0 Å². The van der Waals surface area contributed by atoms with Gasteiger partial charge in [-0.25, -0.2) is 4.68 Å². The van der Waals surface area contributed by atoms with E-state index in [0.717, 1.165) is 19.3 Å². The molecule has 0 aromatic carbocycles. The molecule has 5 nitrogen and oxygen atoms in total. The molecule has 0 amide bonds. The molecule has 0 aliphatic heterocycles. The van der Waals surface area contributed by atoms with Crippen LogP contribution in [0.1, 0.15) is 71.0 Å². The molecule has 1 saturated carbocycles. The molecule has 1 aliphatic rings. The van der Waals surface area contributed by atoms with E-state index in [4.69, 9.17) is 5.11 Å². The van der Waals surface area contributed by atoms with Crippen LogP contribution in [0.3, 0.4) is 0 Å². The van der Waals surface area contributed by atoms with E-state index in [1.54, 1.807) is 0 Å². The van der Waals surface area contributed by atoms with Crippen molar-refractivity contribution >= 4 is 0 Å². The van der Waals surface area contributed by atoms with E-state index in [0.29, 0.717) is 23.8 Å². The summed E-state index contributed by atoms with van der Waals surface area (Å²) in [4.78, 5) is 0. The molecule has 0 radical (unpaired) electrons. The van der Waals surface area contributed by atoms with E-state index in [9.17, 15) is 0 Å². The van der Waals surface area contributed by atoms with Gasteiger partial charge in [0.05, 0.1) is 18.8 Å². The lowest BCUT2D eigenvalue weighted by Crippen LogP contribution is -2.44. The Bertz CT molecular complexity index is 479. The number of allylic oxidation sites excluding steroid dienone is 2. The van der Waals surface area contributed by atoms with Crippen LogP contribution in [0, 0.1) is 0 Å². The van der Waals surface area contributed by atoms with Gasteiger partial charge < -0.3 is 10.4 Å². The maximum absolute atomic E-state index is 9.17. The molecule has 1 aromatic heterocycles. The number of aromatic nitrogens is 3. The molecule has 124 valence electrons. The molecule has 1 aromatic rings. The van der Waals surface area contributed by atoms with Crippen molar-refractivity contribution in [3.05, 3.63) is 23.5 Å². The highest BCUT2D eigenvalue weighted by molar-refractivity contribution is 4.96. The van der Waals surface area contributed by atoms with Gasteiger partial charge in [-0.05, 0) is 46.5 Å². The van der Waals surface area contributed by atoms with Crippen LogP contribution in [0.5, 0.6) is 0 Å². The highest BCUT2D eigenvalue weighted by atomic mass is 16.3. The molecular weight excluding hydrogens is 276 g/mol. The second-order valence-electron chi connectivity index (χ2n) is 6.73. The minimum atomic E-state index is -0.0378. The fraction of sp³-hybridized carbons (Fsp3) is 0.765. The van der Waals surface area contributed by atoms with E-state index in [-0.39, 0.29) is 6.61 Å². The number of hydrogen-bond acceptors (Lipinski definition) is 4. The van der Waals surface area contributed by atoms with Crippen LogP contribution in [-0.2, 0) is 6.61 Å². The van der Waals surface area contributed by atoms with Crippen molar-refractivity contribution in [3.8, 4) is 0 Å². The van der Waals surface area contributed by atoms with Gasteiger partial charge in [0.25, 0.3) is 0 Å². The minimum absolute atomic E-state index is 0.0378. The molecule has 1 unspecified atom stereocenters. The predicted molar refractivity (Wildman–Crippen MR) is 88.5 cm³/mol. The van der Waals surface area contributed by atoms with E-state index >= 15 is 0 Å². The van der Waals surface area contributed by atoms with Crippen LogP contribution in [-0.4, -0.2) is 32.2 Å². The fourth-order valence-corrected chi connectivity index (χ4v) is 3.24. The molecule has 0 bridgehead atoms. The van der Waals surface area contributed by atoms with Gasteiger partial charge in [0.1, 0.15) is 5.69 Å². The van der Waals surface area contributed by atoms with Crippen LogP contribution in [0.25, 0.3) is 0 Å². The van der Waals surface area contributed by atoms with Crippen molar-refractivity contribution in [1.29, 1.82) is 0 Å². The topological polar surface area (TPSA) is 63.0 Å². The van der Waals surface area contributed by atoms with Gasteiger partial charge in [-0.3, -0.25) is 0 Å². The molecule has 2 N–H and O–H groups in total. The Morgan fingerprint density at radius 1 is 1.45 bits per heavy atom. The number of aliphatic hydroxyl groups excluding tert-OH is 1. The molecule has 1 aliphatic carbocycles. The summed E-state index contributed by atoms with van der Waals surface area (Å²) in [6, 6.07) is 1.30. The number of nitrogens with one attached hydrogen (secondary N) is 1. The molecule has 1 fully saturated rings. The smallest absolute Gasteiger partial charge is 0.108 e. The Balaban J connectivity index is 1.93. The first-order valence-corrected chi connectivity index (χ1v) is 8.51. The third-order valence-corrected chi connectivity index (χ3v) is 4.44. The Kier molecular flexibility index (Phi) is 6.58. The zero-order valence-corrected chi connectivity index (χ0v) is 14.1. The monoisotopic (exact) mass is 306 g/mol. The summed E-state index contributed by atoms with van der Waals surface area (Å²) >= 11 is 0. The molecule has 5 heteroatoms. The SMILES string of the molecule is CC(C)=CCCC(C)N[C@H]1CCCC[C@H]1n1cc(CO)nn1. The second-order valence-corrected chi connectivity index (χ2v) is 6.73. The van der Waals surface area contributed by atoms with Gasteiger partial charge >= 0.3 is 0 Å². The number of aliphatic hydroxyl groups is 1. The largest absolute Gasteiger partial charge is 0.390 e. The van der Waals surface area contributed by atoms with E-state index in [1.165, 1.54) is 24.8 Å². The number of hydrogen-bond donors (Lipinski definition) is 2. The second kappa shape index (κ2) is 8.44. The molecular formula is C17H30N4O. The normalized spacial score (nSPS) is 23.3. The maximum atomic E-state index is 9.17. The first-order valence-electron chi connectivity index (χ1n) is 8.51. The third-order valence-electron chi connectivity index (χ3n) is 4.44. The van der Waals surface area contributed by atoms with Crippen LogP contribution in [0.15, 0.2) is 17.8 Å². The average molecular weight is 306 g/mol. The third kappa shape index (κ3) is 4.92. The summed E-state index contributed by atoms with van der Waals surface area (Å²) < 4.78 is 1.95. The van der Waals surface area contributed by atoms with Gasteiger partial charge in [0, 0.05) is 12.1 Å². The first-order chi connectivity index (χ1) is 10.6. The summed E-state index contributed by atoms with van der Waals surface area (Å²) in [5, 5.41) is 21.2. The summed E-state index contributed by atoms with van der Waals surface area (Å²) in [7, 11) is 0. The van der Waals surface area contributed by atoms with E-state index in [2.05, 4.69) is 42.5 Å². The minimum Gasteiger partial charge on any atom is -0.390 e. The summed E-state index contributed by atoms with van der Waals surface area (Å²) in [5.41, 5.74) is 2.04. The Labute approximate surface area is 133 Å². The fourth-order valence-electron chi connectivity index (χ4n) is 3.24. The summed E-state index contributed by atoms with van der Waals surface area (Å²) in [6.07, 6.45) is 11.3. The van der Waals surface area contributed by atoms with Crippen molar-refractivity contribution in [2.45, 2.75) is 84.0 Å². The highest BCUT2D eigenvalue weighted by Crippen LogP contribution is 2.28. The van der Waals surface area contributed by atoms with Crippen molar-refractivity contribution < 1.29 is 5.11 Å². The van der Waals surface area contributed by atoms with E-state index < -0.39 is 0 Å². The Morgan fingerprint density at radius 3 is 2.91 bits per heavy atom. The number of rotatable bonds is 7. The molecule has 0 spiro atoms. The van der Waals surface area contributed by atoms with Gasteiger partial charge in [0.2, 0.25) is 0 Å². The van der Waals surface area contributed by atoms with Gasteiger partial charge in [-0.1, -0.05) is 29.7 Å². The van der Waals surface area contributed by atoms with Crippen LogP contribution >= 0.6 is 0 Å². The van der Waals surface area contributed by atoms with Crippen molar-refractivity contribution in [1.82, 2.24) is 20.3 Å². The molecule has 3 atom stereocenters. The Hall–Kier alpha value is -1.20. The van der Waals surface area contributed by atoms with Crippen LogP contribution < -0.4 is 5.32 Å². The lowest BCUT2D eigenvalue weighted by atomic mass is 9.89. The van der Waals surface area contributed by atoms with Crippen molar-refractivity contribution in [3.63, 3.8) is 0 Å². The van der Waals surface area contributed by atoms with Crippen molar-refractivity contribution in [2.75, 3.05) is 0 Å². The van der Waals surface area contributed by atoms with Crippen LogP contribution in [0.4, 0.5) is 0 Å². The van der Waals surface area contributed by atoms with E-state index in [1.807, 2.05) is 10.9 Å². The quantitative estimate of drug-likeness (QED) is 0.760. The van der Waals surface area contributed by atoms with Crippen molar-refractivity contribution in [2.24, 2.45) is 0 Å². The lowest BCUT2D eigenvalue weighted by Gasteiger charge is -2.34. The first kappa shape index (κ1) is 17.2. The lowest BCUT2D eigenvalue weighted by molar-refractivity contribution is 0.227. The zero-order valence-electron chi connectivity index (χ0n) is 14.1. The van der Waals surface area contributed by atoms with Gasteiger partial charge in [0.15, 0.2) is 0 Å². The summed E-state index contributed by atoms with van der Waals surface area (Å²) in [6.45, 7) is 6.53. The molecule has 22 heavy (non-hydrogen) atoms. The maximum Gasteiger partial charge on any atom is 0.108 e. The summed E-state index contributed by atoms with van der Waals surface area (Å²) in [5.74, 6) is 0. The number of nitrogens with zero attached hydrogens (tertiary/aromatic N) is 3. The Morgan fingerprint density at radius 2 is 2.23 bits per heavy atom. The zero-order chi connectivity index (χ0) is 15.9. The molecule has 1 heterocycles. The highest BCUT2D eigenvalue weighted by Gasteiger charge is 2.28. The average Bonchev–Trinajstić information content (AvgIpc) is 2.96. The van der Waals surface area contributed by atoms with Gasteiger partial charge in [-0.15, -0.1) is 5.10 Å².